The molecule has 4 heteroatoms. The van der Waals surface area contributed by atoms with Gasteiger partial charge in [0.05, 0.1) is 13.5 Å². The fourth-order valence-corrected chi connectivity index (χ4v) is 3.51. The molecule has 2 rings (SSSR count). The number of amides is 1. The molecule has 0 bridgehead atoms. The molecule has 1 saturated carbocycles. The standard InChI is InChI=1S/C19H29NO3/c1-13(2)10-14-4-7-16(8-5-14)20-19(22)12-15-6-9-17(21)18(11-15)23-3/h6,9,11,13-14,16,21H,4-5,7-8,10,12H2,1-3H3,(H,20,22)/t14-,16-. The quantitative estimate of drug-likeness (QED) is 0.841. The summed E-state index contributed by atoms with van der Waals surface area (Å²) >= 11 is 0. The molecule has 128 valence electrons. The van der Waals surface area contributed by atoms with Crippen molar-refractivity contribution in [3.8, 4) is 11.5 Å². The van der Waals surface area contributed by atoms with Crippen LogP contribution in [0.5, 0.6) is 11.5 Å². The van der Waals surface area contributed by atoms with Gasteiger partial charge in [0, 0.05) is 6.04 Å². The van der Waals surface area contributed by atoms with Gasteiger partial charge in [-0.15, -0.1) is 0 Å². The molecule has 1 aromatic rings. The van der Waals surface area contributed by atoms with Gasteiger partial charge in [-0.25, -0.2) is 0 Å². The summed E-state index contributed by atoms with van der Waals surface area (Å²) in [6, 6.07) is 5.36. The molecule has 4 nitrogen and oxygen atoms in total. The number of ether oxygens (including phenoxy) is 1. The van der Waals surface area contributed by atoms with E-state index in [0.29, 0.717) is 18.2 Å². The summed E-state index contributed by atoms with van der Waals surface area (Å²) in [5.41, 5.74) is 0.852. The topological polar surface area (TPSA) is 58.6 Å². The van der Waals surface area contributed by atoms with Crippen molar-refractivity contribution in [2.45, 2.75) is 58.4 Å². The molecule has 0 unspecified atom stereocenters. The summed E-state index contributed by atoms with van der Waals surface area (Å²) in [4.78, 5) is 12.2. The summed E-state index contributed by atoms with van der Waals surface area (Å²) in [6.45, 7) is 4.56. The van der Waals surface area contributed by atoms with Gasteiger partial charge in [0.1, 0.15) is 0 Å². The van der Waals surface area contributed by atoms with Crippen molar-refractivity contribution < 1.29 is 14.6 Å². The number of carbonyl (C=O) groups is 1. The van der Waals surface area contributed by atoms with Gasteiger partial charge in [-0.1, -0.05) is 19.9 Å². The van der Waals surface area contributed by atoms with Crippen molar-refractivity contribution in [1.29, 1.82) is 0 Å². The Bertz CT molecular complexity index is 519. The summed E-state index contributed by atoms with van der Waals surface area (Å²) in [6.07, 6.45) is 6.23. The van der Waals surface area contributed by atoms with Crippen LogP contribution in [0.15, 0.2) is 18.2 Å². The minimum Gasteiger partial charge on any atom is -0.504 e. The SMILES string of the molecule is COc1cc(CC(=O)N[C@H]2CC[C@H](CC(C)C)CC2)ccc1O. The summed E-state index contributed by atoms with van der Waals surface area (Å²) in [5.74, 6) is 2.13. The van der Waals surface area contributed by atoms with Crippen LogP contribution in [0.2, 0.25) is 0 Å². The number of hydrogen-bond donors (Lipinski definition) is 2. The largest absolute Gasteiger partial charge is 0.504 e. The van der Waals surface area contributed by atoms with Crippen LogP contribution >= 0.6 is 0 Å². The zero-order valence-electron chi connectivity index (χ0n) is 14.5. The number of methoxy groups -OCH3 is 1. The van der Waals surface area contributed by atoms with Crippen LogP contribution in [0, 0.1) is 11.8 Å². The Hall–Kier alpha value is -1.71. The lowest BCUT2D eigenvalue weighted by Crippen LogP contribution is -2.38. The Kier molecular flexibility index (Phi) is 6.31. The fraction of sp³-hybridized carbons (Fsp3) is 0.632. The minimum absolute atomic E-state index is 0.0463. The van der Waals surface area contributed by atoms with Crippen molar-refractivity contribution in [1.82, 2.24) is 5.32 Å². The number of hydrogen-bond acceptors (Lipinski definition) is 3. The lowest BCUT2D eigenvalue weighted by molar-refractivity contribution is -0.121. The molecule has 0 radical (unpaired) electrons. The Morgan fingerprint density at radius 2 is 2.00 bits per heavy atom. The van der Waals surface area contributed by atoms with E-state index in [-0.39, 0.29) is 11.7 Å². The van der Waals surface area contributed by atoms with Crippen molar-refractivity contribution >= 4 is 5.91 Å². The molecule has 1 aromatic carbocycles. The Morgan fingerprint density at radius 1 is 1.30 bits per heavy atom. The molecule has 23 heavy (non-hydrogen) atoms. The fourth-order valence-electron chi connectivity index (χ4n) is 3.51. The maximum Gasteiger partial charge on any atom is 0.224 e. The van der Waals surface area contributed by atoms with E-state index in [1.54, 1.807) is 18.2 Å². The highest BCUT2D eigenvalue weighted by Crippen LogP contribution is 2.29. The maximum absolute atomic E-state index is 12.2. The van der Waals surface area contributed by atoms with Gasteiger partial charge in [-0.05, 0) is 61.6 Å². The van der Waals surface area contributed by atoms with Crippen molar-refractivity contribution in [2.75, 3.05) is 7.11 Å². The van der Waals surface area contributed by atoms with Gasteiger partial charge in [0.2, 0.25) is 5.91 Å². The normalized spacial score (nSPS) is 21.2. The van der Waals surface area contributed by atoms with Gasteiger partial charge in [-0.2, -0.15) is 0 Å². The second-order valence-corrected chi connectivity index (χ2v) is 7.10. The van der Waals surface area contributed by atoms with E-state index in [4.69, 9.17) is 4.74 Å². The molecule has 0 saturated heterocycles. The zero-order chi connectivity index (χ0) is 16.8. The van der Waals surface area contributed by atoms with Gasteiger partial charge in [-0.3, -0.25) is 4.79 Å². The first-order valence-electron chi connectivity index (χ1n) is 8.63. The number of aromatic hydroxyl groups is 1. The monoisotopic (exact) mass is 319 g/mol. The maximum atomic E-state index is 12.2. The lowest BCUT2D eigenvalue weighted by Gasteiger charge is -2.30. The first kappa shape index (κ1) is 17.6. The molecule has 1 fully saturated rings. The second-order valence-electron chi connectivity index (χ2n) is 7.10. The first-order valence-corrected chi connectivity index (χ1v) is 8.63. The predicted octanol–water partition coefficient (Wildman–Crippen LogP) is 3.66. The highest BCUT2D eigenvalue weighted by molar-refractivity contribution is 5.79. The zero-order valence-corrected chi connectivity index (χ0v) is 14.5. The van der Waals surface area contributed by atoms with E-state index in [9.17, 15) is 9.90 Å². The van der Waals surface area contributed by atoms with Crippen LogP contribution in [0.4, 0.5) is 0 Å². The lowest BCUT2D eigenvalue weighted by atomic mass is 9.81. The molecule has 0 heterocycles. The van der Waals surface area contributed by atoms with Crippen LogP contribution in [0.25, 0.3) is 0 Å². The molecule has 2 N–H and O–H groups in total. The molecule has 0 spiro atoms. The van der Waals surface area contributed by atoms with E-state index in [1.807, 2.05) is 0 Å². The molecule has 1 aliphatic rings. The third-order valence-electron chi connectivity index (χ3n) is 4.63. The number of rotatable bonds is 6. The Balaban J connectivity index is 1.79. The Labute approximate surface area is 139 Å². The third kappa shape index (κ3) is 5.45. The minimum atomic E-state index is 0.0463. The number of phenols is 1. The summed E-state index contributed by atoms with van der Waals surface area (Å²) in [5, 5.41) is 12.7. The molecular weight excluding hydrogens is 290 g/mol. The third-order valence-corrected chi connectivity index (χ3v) is 4.63. The van der Waals surface area contributed by atoms with Crippen LogP contribution in [0.1, 0.15) is 51.5 Å². The number of phenolic OH excluding ortho intramolecular Hbond substituents is 1. The predicted molar refractivity (Wildman–Crippen MR) is 91.7 cm³/mol. The van der Waals surface area contributed by atoms with Crippen molar-refractivity contribution in [3.63, 3.8) is 0 Å². The van der Waals surface area contributed by atoms with Crippen LogP contribution in [0.3, 0.4) is 0 Å². The number of carbonyl (C=O) groups excluding carboxylic acids is 1. The molecule has 0 aromatic heterocycles. The Morgan fingerprint density at radius 3 is 2.61 bits per heavy atom. The molecule has 1 amide bonds. The van der Waals surface area contributed by atoms with Crippen molar-refractivity contribution in [3.05, 3.63) is 23.8 Å². The van der Waals surface area contributed by atoms with Crippen molar-refractivity contribution in [2.24, 2.45) is 11.8 Å². The molecule has 0 aliphatic heterocycles. The van der Waals surface area contributed by atoms with E-state index in [0.717, 1.165) is 30.2 Å². The van der Waals surface area contributed by atoms with E-state index >= 15 is 0 Å². The molecule has 1 aliphatic carbocycles. The van der Waals surface area contributed by atoms with Gasteiger partial charge in [0.25, 0.3) is 0 Å². The summed E-state index contributed by atoms with van der Waals surface area (Å²) in [7, 11) is 1.51. The van der Waals surface area contributed by atoms with Gasteiger partial charge < -0.3 is 15.2 Å². The van der Waals surface area contributed by atoms with E-state index in [1.165, 1.54) is 26.4 Å². The van der Waals surface area contributed by atoms with E-state index < -0.39 is 0 Å². The highest BCUT2D eigenvalue weighted by Gasteiger charge is 2.23. The van der Waals surface area contributed by atoms with Gasteiger partial charge >= 0.3 is 0 Å². The highest BCUT2D eigenvalue weighted by atomic mass is 16.5. The smallest absolute Gasteiger partial charge is 0.224 e. The summed E-state index contributed by atoms with van der Waals surface area (Å²) < 4.78 is 5.08. The molecule has 0 atom stereocenters. The van der Waals surface area contributed by atoms with Crippen LogP contribution in [-0.2, 0) is 11.2 Å². The average molecular weight is 319 g/mol. The first-order chi connectivity index (χ1) is 11.0. The molecular formula is C19H29NO3. The van der Waals surface area contributed by atoms with Gasteiger partial charge in [0.15, 0.2) is 11.5 Å². The number of benzene rings is 1. The second kappa shape index (κ2) is 8.23. The van der Waals surface area contributed by atoms with Crippen LogP contribution in [-0.4, -0.2) is 24.2 Å². The van der Waals surface area contributed by atoms with Crippen LogP contribution < -0.4 is 10.1 Å². The number of nitrogens with one attached hydrogen (secondary N) is 1. The average Bonchev–Trinajstić information content (AvgIpc) is 2.50. The van der Waals surface area contributed by atoms with E-state index in [2.05, 4.69) is 19.2 Å².